The van der Waals surface area contributed by atoms with E-state index < -0.39 is 39.1 Å². The van der Waals surface area contributed by atoms with Crippen molar-refractivity contribution in [1.82, 2.24) is 0 Å². The third-order valence-corrected chi connectivity index (χ3v) is 5.25. The van der Waals surface area contributed by atoms with Gasteiger partial charge in [-0.2, -0.15) is 13.2 Å². The molecule has 0 fully saturated rings. The second kappa shape index (κ2) is 8.26. The first-order chi connectivity index (χ1) is 14.4. The van der Waals surface area contributed by atoms with Gasteiger partial charge >= 0.3 is 6.18 Å². The van der Waals surface area contributed by atoms with Gasteiger partial charge in [0, 0.05) is 17.5 Å². The average Bonchev–Trinajstić information content (AvgIpc) is 3.23. The van der Waals surface area contributed by atoms with E-state index in [4.69, 9.17) is 4.42 Å². The Hall–Kier alpha value is -3.60. The van der Waals surface area contributed by atoms with Gasteiger partial charge in [-0.3, -0.25) is 9.59 Å². The summed E-state index contributed by atoms with van der Waals surface area (Å²) in [6.07, 6.45) is -1.51. The van der Waals surface area contributed by atoms with Crippen LogP contribution in [-0.4, -0.2) is 26.5 Å². The van der Waals surface area contributed by atoms with Crippen LogP contribution in [0.2, 0.25) is 0 Å². The molecule has 0 unspecified atom stereocenters. The third kappa shape index (κ3) is 5.31. The Morgan fingerprint density at radius 2 is 1.65 bits per heavy atom. The normalized spacial score (nSPS) is 11.7. The van der Waals surface area contributed by atoms with Gasteiger partial charge in [0.1, 0.15) is 6.26 Å². The minimum absolute atomic E-state index is 0.122. The number of hydrogen-bond donors (Lipinski definition) is 2. The maximum absolute atomic E-state index is 13.6. The van der Waals surface area contributed by atoms with E-state index in [2.05, 4.69) is 10.6 Å². The summed E-state index contributed by atoms with van der Waals surface area (Å²) in [5.74, 6) is -1.59. The summed E-state index contributed by atoms with van der Waals surface area (Å²) in [5, 5.41) is 4.45. The molecule has 0 aliphatic carbocycles. The average molecular weight is 452 g/mol. The van der Waals surface area contributed by atoms with Gasteiger partial charge in [-0.05, 0) is 42.5 Å². The zero-order valence-corrected chi connectivity index (χ0v) is 16.7. The first-order valence-electron chi connectivity index (χ1n) is 8.61. The number of carbonyl (C=O) groups is 2. The van der Waals surface area contributed by atoms with E-state index in [1.54, 1.807) is 0 Å². The highest BCUT2D eigenvalue weighted by atomic mass is 32.2. The van der Waals surface area contributed by atoms with E-state index in [1.807, 2.05) is 0 Å². The fraction of sp³-hybridized carbons (Fsp3) is 0.100. The number of amides is 2. The maximum atomic E-state index is 13.6. The van der Waals surface area contributed by atoms with Gasteiger partial charge in [0.2, 0.25) is 0 Å². The number of anilines is 2. The van der Waals surface area contributed by atoms with Gasteiger partial charge in [-0.25, -0.2) is 8.42 Å². The summed E-state index contributed by atoms with van der Waals surface area (Å²) < 4.78 is 68.7. The smallest absolute Gasteiger partial charge is 0.418 e. The number of nitrogens with one attached hydrogen (secondary N) is 2. The number of rotatable bonds is 5. The minimum Gasteiger partial charge on any atom is -0.472 e. The van der Waals surface area contributed by atoms with Gasteiger partial charge < -0.3 is 15.1 Å². The standard InChI is InChI=1S/C20H15F3N2O5S/c1-31(28,29)15-4-2-3-12(9-15)18(26)25-17-6-5-14(10-16(17)20(21,22)23)24-19(27)13-7-8-30-11-13/h2-11H,1H3,(H,24,27)(H,25,26). The summed E-state index contributed by atoms with van der Waals surface area (Å²) >= 11 is 0. The molecule has 1 aromatic heterocycles. The molecule has 31 heavy (non-hydrogen) atoms. The summed E-state index contributed by atoms with van der Waals surface area (Å²) in [6.45, 7) is 0. The molecular formula is C20H15F3N2O5S. The second-order valence-corrected chi connectivity index (χ2v) is 8.49. The Kier molecular flexibility index (Phi) is 5.89. The van der Waals surface area contributed by atoms with Crippen LogP contribution in [0.4, 0.5) is 24.5 Å². The van der Waals surface area contributed by atoms with E-state index in [1.165, 1.54) is 36.6 Å². The molecule has 0 radical (unpaired) electrons. The van der Waals surface area contributed by atoms with Crippen molar-refractivity contribution < 1.29 is 35.6 Å². The summed E-state index contributed by atoms with van der Waals surface area (Å²) in [4.78, 5) is 24.3. The molecule has 0 bridgehead atoms. The second-order valence-electron chi connectivity index (χ2n) is 6.48. The predicted molar refractivity (Wildman–Crippen MR) is 106 cm³/mol. The lowest BCUT2D eigenvalue weighted by molar-refractivity contribution is -0.136. The molecule has 162 valence electrons. The van der Waals surface area contributed by atoms with Crippen LogP contribution in [0.1, 0.15) is 26.3 Å². The predicted octanol–water partition coefficient (Wildman–Crippen LogP) is 4.21. The highest BCUT2D eigenvalue weighted by molar-refractivity contribution is 7.90. The van der Waals surface area contributed by atoms with Crippen LogP contribution in [-0.2, 0) is 16.0 Å². The van der Waals surface area contributed by atoms with E-state index in [0.29, 0.717) is 6.07 Å². The largest absolute Gasteiger partial charge is 0.472 e. The van der Waals surface area contributed by atoms with Crippen LogP contribution in [0.3, 0.4) is 0 Å². The van der Waals surface area contributed by atoms with Gasteiger partial charge in [0.25, 0.3) is 11.8 Å². The number of furan rings is 1. The quantitative estimate of drug-likeness (QED) is 0.604. The lowest BCUT2D eigenvalue weighted by atomic mass is 10.1. The topological polar surface area (TPSA) is 105 Å². The SMILES string of the molecule is CS(=O)(=O)c1cccc(C(=O)Nc2ccc(NC(=O)c3ccoc3)cc2C(F)(F)F)c1. The number of halogens is 3. The van der Waals surface area contributed by atoms with Crippen molar-refractivity contribution in [2.45, 2.75) is 11.1 Å². The molecule has 1 heterocycles. The molecule has 0 atom stereocenters. The molecule has 3 aromatic rings. The molecule has 11 heteroatoms. The van der Waals surface area contributed by atoms with Crippen molar-refractivity contribution in [2.24, 2.45) is 0 Å². The monoisotopic (exact) mass is 452 g/mol. The summed E-state index contributed by atoms with van der Waals surface area (Å²) in [5.41, 5.74) is -1.89. The summed E-state index contributed by atoms with van der Waals surface area (Å²) in [7, 11) is -3.61. The fourth-order valence-corrected chi connectivity index (χ4v) is 3.29. The van der Waals surface area contributed by atoms with Crippen LogP contribution < -0.4 is 10.6 Å². The van der Waals surface area contributed by atoms with Crippen molar-refractivity contribution in [3.63, 3.8) is 0 Å². The Morgan fingerprint density at radius 1 is 0.935 bits per heavy atom. The Morgan fingerprint density at radius 3 is 2.26 bits per heavy atom. The molecule has 0 saturated heterocycles. The molecule has 7 nitrogen and oxygen atoms in total. The lowest BCUT2D eigenvalue weighted by Gasteiger charge is -2.16. The van der Waals surface area contributed by atoms with Crippen LogP contribution in [0.25, 0.3) is 0 Å². The highest BCUT2D eigenvalue weighted by Crippen LogP contribution is 2.37. The lowest BCUT2D eigenvalue weighted by Crippen LogP contribution is -2.18. The molecular weight excluding hydrogens is 437 g/mol. The molecule has 0 spiro atoms. The van der Waals surface area contributed by atoms with E-state index in [0.717, 1.165) is 24.7 Å². The Labute approximate surface area is 174 Å². The molecule has 0 aliphatic heterocycles. The molecule has 2 aromatic carbocycles. The molecule has 2 N–H and O–H groups in total. The zero-order valence-electron chi connectivity index (χ0n) is 15.9. The molecule has 2 amide bonds. The first-order valence-corrected chi connectivity index (χ1v) is 10.5. The molecule has 0 aliphatic rings. The minimum atomic E-state index is -4.84. The highest BCUT2D eigenvalue weighted by Gasteiger charge is 2.34. The van der Waals surface area contributed by atoms with E-state index in [9.17, 15) is 31.2 Å². The van der Waals surface area contributed by atoms with Gasteiger partial charge in [0.15, 0.2) is 9.84 Å². The number of benzene rings is 2. The van der Waals surface area contributed by atoms with Crippen LogP contribution >= 0.6 is 0 Å². The van der Waals surface area contributed by atoms with Crippen molar-refractivity contribution in [2.75, 3.05) is 16.9 Å². The number of hydrogen-bond acceptors (Lipinski definition) is 5. The van der Waals surface area contributed by atoms with Crippen molar-refractivity contribution in [3.05, 3.63) is 77.7 Å². The van der Waals surface area contributed by atoms with Crippen molar-refractivity contribution in [1.29, 1.82) is 0 Å². The summed E-state index contributed by atoms with van der Waals surface area (Å²) in [6, 6.07) is 9.13. The third-order valence-electron chi connectivity index (χ3n) is 4.14. The first kappa shape index (κ1) is 22.1. The number of carbonyl (C=O) groups excluding carboxylic acids is 2. The number of sulfone groups is 1. The van der Waals surface area contributed by atoms with Crippen LogP contribution in [0.15, 0.2) is 70.4 Å². The molecule has 3 rings (SSSR count). The Bertz CT molecular complexity index is 1240. The van der Waals surface area contributed by atoms with E-state index >= 15 is 0 Å². The van der Waals surface area contributed by atoms with Crippen LogP contribution in [0, 0.1) is 0 Å². The number of alkyl halides is 3. The van der Waals surface area contributed by atoms with E-state index in [-0.39, 0.29) is 21.7 Å². The fourth-order valence-electron chi connectivity index (χ4n) is 2.62. The van der Waals surface area contributed by atoms with Crippen molar-refractivity contribution in [3.8, 4) is 0 Å². The van der Waals surface area contributed by atoms with Gasteiger partial charge in [-0.15, -0.1) is 0 Å². The molecule has 0 saturated carbocycles. The van der Waals surface area contributed by atoms with Crippen molar-refractivity contribution >= 4 is 33.0 Å². The Balaban J connectivity index is 1.89. The van der Waals surface area contributed by atoms with Crippen LogP contribution in [0.5, 0.6) is 0 Å². The van der Waals surface area contributed by atoms with Gasteiger partial charge in [0.05, 0.1) is 28.0 Å². The maximum Gasteiger partial charge on any atom is 0.418 e. The van der Waals surface area contributed by atoms with Gasteiger partial charge in [-0.1, -0.05) is 6.07 Å². The zero-order chi connectivity index (χ0) is 22.8.